The van der Waals surface area contributed by atoms with Gasteiger partial charge < -0.3 is 85.1 Å². The van der Waals surface area contributed by atoms with Crippen LogP contribution in [0.5, 0.6) is 5.75 Å². The minimum atomic E-state index is -1.78. The molecule has 0 aliphatic carbocycles. The zero-order valence-electron chi connectivity index (χ0n) is 57.6. The molecule has 3 heterocycles. The second-order valence-corrected chi connectivity index (χ2v) is 26.9. The lowest BCUT2D eigenvalue weighted by molar-refractivity contribution is -0.142. The summed E-state index contributed by atoms with van der Waals surface area (Å²) < 4.78 is 1.24. The molecule has 19 N–H and O–H groups in total. The second-order valence-electron chi connectivity index (χ2n) is 26.1. The fourth-order valence-corrected chi connectivity index (χ4v) is 12.6. The first-order valence-electron chi connectivity index (χ1n) is 34.0. The smallest absolute Gasteiger partial charge is 0.253 e. The standard InChI is InChI=1S/C73H88Cl2N16O13/c1-40(2)30-55(65(97)84-54(13-8-28-80-73(78)79)71(103)90-29-9-15-62(90)70(102)82-37-63(77)95)86-67(99)57(83-41(3)93)35-46-38-91(61-14-7-5-11-51(46)61)72(104)59(33-44-20-26-49(94)27-21-44)88-69(101)60(39-92)89-68(100)58(34-45-36-81-53-12-6-4-10-50(45)53)87-66(98)56(32-43-18-24-48(75)25-19-43)85-64(96)52(76)31-42-16-22-47(74)23-17-42/h4-7,10-12,14,16-27,36,38,40,52,54-60,62,81,92,94H,8-9,13,15,28-35,37,39,76H2,1-3H3,(H2,77,95)(H,82,102)(H,83,93)(H,84,97)(H,85,96)(H,86,99)(H,87,98)(H,88,101)(H,89,100)(H4,78,79,80)/t52-,54-,55-,56-,57+,58+,59-,60-,62-/m0/s1. The van der Waals surface area contributed by atoms with E-state index in [4.69, 9.17) is 45.8 Å². The minimum absolute atomic E-state index is 0.00617. The van der Waals surface area contributed by atoms with Gasteiger partial charge in [0, 0.05) is 84.4 Å². The lowest BCUT2D eigenvalue weighted by atomic mass is 10.00. The highest BCUT2D eigenvalue weighted by atomic mass is 35.5. The van der Waals surface area contributed by atoms with Crippen LogP contribution in [0.2, 0.25) is 10.0 Å². The van der Waals surface area contributed by atoms with Crippen molar-refractivity contribution in [3.63, 3.8) is 0 Å². The van der Waals surface area contributed by atoms with Gasteiger partial charge in [0.05, 0.1) is 24.7 Å². The number of carbonyl (C=O) groups excluding carboxylic acids is 11. The predicted molar refractivity (Wildman–Crippen MR) is 390 cm³/mol. The van der Waals surface area contributed by atoms with Crippen LogP contribution < -0.4 is 65.1 Å². The number of aromatic hydroxyl groups is 1. The number of nitrogens with zero attached hydrogens (tertiary/aromatic N) is 2. The van der Waals surface area contributed by atoms with E-state index in [1.54, 1.807) is 111 Å². The molecule has 1 aliphatic heterocycles. The molecule has 104 heavy (non-hydrogen) atoms. The quantitative estimate of drug-likeness (QED) is 0.0153. The number of guanidine groups is 1. The van der Waals surface area contributed by atoms with Crippen molar-refractivity contribution in [3.8, 4) is 5.75 Å². The van der Waals surface area contributed by atoms with Gasteiger partial charge in [-0.3, -0.25) is 62.7 Å². The molecule has 31 heteroatoms. The largest absolute Gasteiger partial charge is 0.508 e. The van der Waals surface area contributed by atoms with Gasteiger partial charge in [0.2, 0.25) is 59.1 Å². The van der Waals surface area contributed by atoms with Crippen LogP contribution in [-0.2, 0) is 80.0 Å². The summed E-state index contributed by atoms with van der Waals surface area (Å²) in [5.74, 6) is -9.14. The van der Waals surface area contributed by atoms with E-state index in [2.05, 4.69) is 52.8 Å². The Morgan fingerprint density at radius 3 is 1.71 bits per heavy atom. The third-order valence-corrected chi connectivity index (χ3v) is 18.1. The number of aromatic amines is 1. The number of carbonyl (C=O) groups is 11. The third kappa shape index (κ3) is 22.3. The van der Waals surface area contributed by atoms with E-state index in [-0.39, 0.29) is 94.0 Å². The number of fused-ring (bicyclic) bond motifs is 2. The van der Waals surface area contributed by atoms with Crippen LogP contribution in [0.1, 0.15) is 85.5 Å². The number of aromatic nitrogens is 2. The molecular formula is C73H88Cl2N16O13. The molecule has 7 aromatic rings. The summed E-state index contributed by atoms with van der Waals surface area (Å²) in [7, 11) is 0. The normalized spacial score (nSPS) is 15.0. The van der Waals surface area contributed by atoms with E-state index in [0.29, 0.717) is 60.6 Å². The van der Waals surface area contributed by atoms with Gasteiger partial charge in [-0.1, -0.05) is 110 Å². The number of hydrogen-bond acceptors (Lipinski definition) is 15. The molecule has 1 aliphatic rings. The highest BCUT2D eigenvalue weighted by Gasteiger charge is 2.40. The number of nitrogens with one attached hydrogen (secondary N) is 11. The van der Waals surface area contributed by atoms with Gasteiger partial charge in [0.25, 0.3) is 5.91 Å². The van der Waals surface area contributed by atoms with E-state index in [1.807, 2.05) is 6.07 Å². The summed E-state index contributed by atoms with van der Waals surface area (Å²) in [5, 5.41) is 55.1. The van der Waals surface area contributed by atoms with Gasteiger partial charge in [-0.2, -0.15) is 0 Å². The van der Waals surface area contributed by atoms with Gasteiger partial charge in [-0.15, -0.1) is 0 Å². The number of benzene rings is 5. The van der Waals surface area contributed by atoms with Crippen molar-refractivity contribution in [3.05, 3.63) is 172 Å². The fourth-order valence-electron chi connectivity index (χ4n) is 12.4. The molecule has 10 amide bonds. The number of phenolic OH excluding ortho intramolecular Hbond substituents is 1. The number of phenols is 1. The first kappa shape index (κ1) is 78.8. The van der Waals surface area contributed by atoms with Crippen LogP contribution >= 0.6 is 23.2 Å². The Bertz CT molecular complexity index is 4250. The Morgan fingerprint density at radius 2 is 1.10 bits per heavy atom. The minimum Gasteiger partial charge on any atom is -0.508 e. The zero-order chi connectivity index (χ0) is 75.3. The van der Waals surface area contributed by atoms with Gasteiger partial charge in [-0.25, -0.2) is 0 Å². The van der Waals surface area contributed by atoms with Crippen molar-refractivity contribution in [1.82, 2.24) is 62.3 Å². The molecule has 9 atom stereocenters. The summed E-state index contributed by atoms with van der Waals surface area (Å²) in [6.07, 6.45) is 3.36. The monoisotopic (exact) mass is 1470 g/mol. The van der Waals surface area contributed by atoms with Gasteiger partial charge in [-0.05, 0) is 121 Å². The molecule has 1 saturated heterocycles. The molecule has 552 valence electrons. The first-order chi connectivity index (χ1) is 49.6. The summed E-state index contributed by atoms with van der Waals surface area (Å²) in [6, 6.07) is 20.7. The Kier molecular flexibility index (Phi) is 28.3. The van der Waals surface area contributed by atoms with Crippen LogP contribution in [0.25, 0.3) is 21.8 Å². The lowest BCUT2D eigenvalue weighted by Crippen LogP contribution is -2.60. The molecule has 0 saturated carbocycles. The molecule has 8 rings (SSSR count). The van der Waals surface area contributed by atoms with Crippen LogP contribution in [0, 0.1) is 11.3 Å². The number of primary amides is 1. The average Bonchev–Trinajstić information content (AvgIpc) is 1.65. The predicted octanol–water partition coefficient (Wildman–Crippen LogP) is 1.92. The maximum absolute atomic E-state index is 15.4. The molecule has 0 spiro atoms. The van der Waals surface area contributed by atoms with Crippen molar-refractivity contribution in [2.75, 3.05) is 26.2 Å². The molecule has 1 fully saturated rings. The molecule has 29 nitrogen and oxygen atoms in total. The Morgan fingerprint density at radius 1 is 0.587 bits per heavy atom. The average molecular weight is 1470 g/mol. The van der Waals surface area contributed by atoms with Gasteiger partial charge in [0.15, 0.2) is 5.96 Å². The van der Waals surface area contributed by atoms with Gasteiger partial charge >= 0.3 is 0 Å². The van der Waals surface area contributed by atoms with Crippen LogP contribution in [-0.4, -0.2) is 176 Å². The van der Waals surface area contributed by atoms with E-state index in [1.165, 1.54) is 46.9 Å². The zero-order valence-corrected chi connectivity index (χ0v) is 59.2. The third-order valence-electron chi connectivity index (χ3n) is 17.6. The Labute approximate surface area is 609 Å². The lowest BCUT2D eigenvalue weighted by Gasteiger charge is -2.30. The highest BCUT2D eigenvalue weighted by Crippen LogP contribution is 2.27. The van der Waals surface area contributed by atoms with Crippen LogP contribution in [0.15, 0.2) is 134 Å². The number of hydrogen-bond donors (Lipinski definition) is 16. The molecule has 0 radical (unpaired) electrons. The highest BCUT2D eigenvalue weighted by molar-refractivity contribution is 6.30. The Hall–Kier alpha value is -10.9. The van der Waals surface area contributed by atoms with Crippen molar-refractivity contribution in [1.29, 1.82) is 5.41 Å². The molecular weight excluding hydrogens is 1380 g/mol. The van der Waals surface area contributed by atoms with Crippen molar-refractivity contribution in [2.24, 2.45) is 23.1 Å². The van der Waals surface area contributed by atoms with Crippen molar-refractivity contribution < 1.29 is 63.0 Å². The second kappa shape index (κ2) is 37.3. The van der Waals surface area contributed by atoms with E-state index >= 15 is 4.79 Å². The number of H-pyrrole nitrogens is 1. The summed E-state index contributed by atoms with van der Waals surface area (Å²) in [4.78, 5) is 160. The number of para-hydroxylation sites is 2. The van der Waals surface area contributed by atoms with E-state index in [0.717, 1.165) is 0 Å². The number of aliphatic hydroxyl groups excluding tert-OH is 1. The van der Waals surface area contributed by atoms with Crippen molar-refractivity contribution >= 4 is 116 Å². The molecule has 0 bridgehead atoms. The molecule has 0 unspecified atom stereocenters. The van der Waals surface area contributed by atoms with Crippen LogP contribution in [0.3, 0.4) is 0 Å². The maximum atomic E-state index is 15.4. The Balaban J connectivity index is 1.04. The number of rotatable bonds is 35. The van der Waals surface area contributed by atoms with Gasteiger partial charge in [0.1, 0.15) is 54.1 Å². The van der Waals surface area contributed by atoms with Crippen molar-refractivity contribution in [2.45, 2.75) is 139 Å². The topological polar surface area (TPSA) is 462 Å². The summed E-state index contributed by atoms with van der Waals surface area (Å²) in [5.41, 5.74) is 20.8. The molecule has 5 aromatic carbocycles. The number of likely N-dealkylation sites (tertiary alicyclic amines) is 1. The maximum Gasteiger partial charge on any atom is 0.253 e. The summed E-state index contributed by atoms with van der Waals surface area (Å²) in [6.45, 7) is 3.61. The van der Waals surface area contributed by atoms with Crippen LogP contribution in [0.4, 0.5) is 0 Å². The van der Waals surface area contributed by atoms with E-state index in [9.17, 15) is 58.2 Å². The number of halogens is 2. The first-order valence-corrected chi connectivity index (χ1v) is 34.8. The van der Waals surface area contributed by atoms with E-state index < -0.39 is 133 Å². The fraction of sp³-hybridized carbons (Fsp3) is 0.370. The number of amides is 10. The SMILES string of the molecule is CC(=O)N[C@H](Cc1cn(C(=O)[C@H](Cc2ccc(O)cc2)NC(=O)[C@H](CO)NC(=O)[C@@H](Cc2c[nH]c3ccccc23)NC(=O)[C@H](Cc2ccc(Cl)cc2)NC(=O)[C@@H](N)Cc2ccc(Cl)cc2)c2ccccc12)C(=O)N[C@@H](CC(C)C)C(=O)N[C@@H](CCCNC(=N)N)C(=O)N1CCC[C@H]1C(=O)NCC(N)=O. The molecule has 2 aromatic heterocycles. The number of nitrogens with two attached hydrogens (primary N) is 3. The summed E-state index contributed by atoms with van der Waals surface area (Å²) >= 11 is 12.3. The number of aliphatic hydroxyl groups is 1.